The van der Waals surface area contributed by atoms with Gasteiger partial charge in [0.25, 0.3) is 0 Å². The van der Waals surface area contributed by atoms with Crippen LogP contribution in [0.3, 0.4) is 0 Å². The van der Waals surface area contributed by atoms with Crippen LogP contribution in [0.15, 0.2) is 97.1 Å². The summed E-state index contributed by atoms with van der Waals surface area (Å²) in [5.74, 6) is -2.32. The summed E-state index contributed by atoms with van der Waals surface area (Å²) in [6.45, 7) is 0. The highest BCUT2D eigenvalue weighted by molar-refractivity contribution is 7.92. The van der Waals surface area contributed by atoms with Crippen molar-refractivity contribution in [1.82, 2.24) is 0 Å². The van der Waals surface area contributed by atoms with Crippen molar-refractivity contribution in [1.29, 1.82) is 0 Å². The van der Waals surface area contributed by atoms with Crippen LogP contribution < -0.4 is 0 Å². The lowest BCUT2D eigenvalue weighted by Crippen LogP contribution is -2.19. The Kier molecular flexibility index (Phi) is 10.2. The first kappa shape index (κ1) is 34.2. The SMILES string of the molecule is O=S(=O)(C(/C=C/c1ccc(F)cc1C(F)(F)F)c1ccc(Cl)cc1)C(/C=C/c1ccc(F)cc1C(F)(F)F)c1ccc(Cl)cc1. The van der Waals surface area contributed by atoms with Crippen LogP contribution in [0.2, 0.25) is 10.0 Å². The van der Waals surface area contributed by atoms with Gasteiger partial charge < -0.3 is 0 Å². The van der Waals surface area contributed by atoms with Gasteiger partial charge in [-0.15, -0.1) is 0 Å². The Morgan fingerprint density at radius 3 is 1.20 bits per heavy atom. The fraction of sp³-hybridized carbons (Fsp3) is 0.125. The minimum absolute atomic E-state index is 0.0662. The number of hydrogen-bond acceptors (Lipinski definition) is 2. The van der Waals surface area contributed by atoms with Crippen molar-refractivity contribution in [2.75, 3.05) is 0 Å². The highest BCUT2D eigenvalue weighted by Gasteiger charge is 2.37. The molecule has 2 nitrogen and oxygen atoms in total. The molecular formula is C32H20Cl2F8O2S. The Morgan fingerprint density at radius 2 is 0.889 bits per heavy atom. The number of alkyl halides is 6. The van der Waals surface area contributed by atoms with Crippen LogP contribution in [0.25, 0.3) is 12.2 Å². The predicted octanol–water partition coefficient (Wildman–Crippen LogP) is 10.9. The van der Waals surface area contributed by atoms with E-state index in [1.165, 1.54) is 48.5 Å². The molecule has 0 N–H and O–H groups in total. The monoisotopic (exact) mass is 690 g/mol. The Labute approximate surface area is 263 Å². The average Bonchev–Trinajstić information content (AvgIpc) is 2.95. The van der Waals surface area contributed by atoms with Crippen molar-refractivity contribution in [3.05, 3.63) is 152 Å². The van der Waals surface area contributed by atoms with Crippen LogP contribution in [-0.2, 0) is 22.2 Å². The molecule has 0 saturated carbocycles. The van der Waals surface area contributed by atoms with Gasteiger partial charge in [0.1, 0.15) is 22.1 Å². The minimum atomic E-state index is -4.98. The third-order valence-electron chi connectivity index (χ3n) is 6.65. The molecular weight excluding hydrogens is 671 g/mol. The van der Waals surface area contributed by atoms with Crippen molar-refractivity contribution >= 4 is 45.2 Å². The second-order valence-corrected chi connectivity index (χ2v) is 12.8. The molecule has 0 heterocycles. The van der Waals surface area contributed by atoms with E-state index in [4.69, 9.17) is 23.2 Å². The lowest BCUT2D eigenvalue weighted by molar-refractivity contribution is -0.138. The van der Waals surface area contributed by atoms with Gasteiger partial charge in [-0.2, -0.15) is 26.3 Å². The summed E-state index contributed by atoms with van der Waals surface area (Å²) < 4.78 is 138. The van der Waals surface area contributed by atoms with Crippen LogP contribution in [-0.4, -0.2) is 8.42 Å². The van der Waals surface area contributed by atoms with Crippen molar-refractivity contribution < 1.29 is 43.5 Å². The van der Waals surface area contributed by atoms with Crippen LogP contribution in [0.4, 0.5) is 35.1 Å². The maximum absolute atomic E-state index is 14.4. The fourth-order valence-corrected chi connectivity index (χ4v) is 6.74. The second kappa shape index (κ2) is 13.4. The molecule has 0 bridgehead atoms. The fourth-order valence-electron chi connectivity index (χ4n) is 4.50. The van der Waals surface area contributed by atoms with Crippen LogP contribution >= 0.6 is 23.2 Å². The smallest absolute Gasteiger partial charge is 0.227 e. The maximum atomic E-state index is 14.4. The first-order chi connectivity index (χ1) is 21.0. The molecule has 13 heteroatoms. The zero-order valence-corrected chi connectivity index (χ0v) is 24.9. The molecule has 0 amide bonds. The first-order valence-electron chi connectivity index (χ1n) is 12.8. The first-order valence-corrected chi connectivity index (χ1v) is 15.2. The van der Waals surface area contributed by atoms with Gasteiger partial charge in [0.05, 0.1) is 11.1 Å². The number of hydrogen-bond donors (Lipinski definition) is 0. The van der Waals surface area contributed by atoms with E-state index in [1.54, 1.807) is 0 Å². The van der Waals surface area contributed by atoms with Crippen molar-refractivity contribution in [2.45, 2.75) is 22.9 Å². The third kappa shape index (κ3) is 8.33. The highest BCUT2D eigenvalue weighted by Crippen LogP contribution is 2.40. The van der Waals surface area contributed by atoms with Gasteiger partial charge >= 0.3 is 12.4 Å². The quantitative estimate of drug-likeness (QED) is 0.172. The van der Waals surface area contributed by atoms with Crippen LogP contribution in [0.5, 0.6) is 0 Å². The summed E-state index contributed by atoms with van der Waals surface area (Å²) in [4.78, 5) is 0. The molecule has 236 valence electrons. The largest absolute Gasteiger partial charge is 0.417 e. The third-order valence-corrected chi connectivity index (χ3v) is 9.43. The van der Waals surface area contributed by atoms with E-state index >= 15 is 0 Å². The summed E-state index contributed by atoms with van der Waals surface area (Å²) in [5.41, 5.74) is -3.63. The van der Waals surface area contributed by atoms with Crippen LogP contribution in [0.1, 0.15) is 43.9 Å². The molecule has 45 heavy (non-hydrogen) atoms. The molecule has 0 fully saturated rings. The average molecular weight is 691 g/mol. The Morgan fingerprint density at radius 1 is 0.556 bits per heavy atom. The zero-order chi connectivity index (χ0) is 33.2. The molecule has 4 aromatic carbocycles. The summed E-state index contributed by atoms with van der Waals surface area (Å²) in [5, 5.41) is -2.91. The highest BCUT2D eigenvalue weighted by atomic mass is 35.5. The molecule has 0 aromatic heterocycles. The molecule has 0 radical (unpaired) electrons. The van der Waals surface area contributed by atoms with Crippen molar-refractivity contribution in [3.8, 4) is 0 Å². The Balaban J connectivity index is 1.91. The summed E-state index contributed by atoms with van der Waals surface area (Å²) in [6, 6.07) is 14.5. The molecule has 0 aliphatic rings. The lowest BCUT2D eigenvalue weighted by Gasteiger charge is -2.22. The standard InChI is InChI=1S/C32H20Cl2F8O2S/c33-23-9-1-21(2-10-23)29(15-7-19-5-13-25(35)17-27(19)31(37,38)39)45(43,44)30(22-3-11-24(34)12-4-22)16-8-20-6-14-26(36)18-28(20)32(40,41)42/h1-18,29-30H/b15-7+,16-8+. The molecule has 4 aromatic rings. The zero-order valence-electron chi connectivity index (χ0n) is 22.6. The molecule has 2 unspecified atom stereocenters. The van der Waals surface area contributed by atoms with Crippen molar-refractivity contribution in [2.24, 2.45) is 0 Å². The molecule has 0 spiro atoms. The van der Waals surface area contributed by atoms with Gasteiger partial charge in [-0.25, -0.2) is 17.2 Å². The maximum Gasteiger partial charge on any atom is 0.417 e. The Bertz CT molecular complexity index is 1700. The molecule has 0 aliphatic heterocycles. The molecule has 2 atom stereocenters. The van der Waals surface area contributed by atoms with Crippen molar-refractivity contribution in [3.63, 3.8) is 0 Å². The van der Waals surface area contributed by atoms with E-state index in [2.05, 4.69) is 0 Å². The molecule has 0 saturated heterocycles. The topological polar surface area (TPSA) is 34.1 Å². The van der Waals surface area contributed by atoms with E-state index in [0.717, 1.165) is 48.6 Å². The number of sulfone groups is 1. The van der Waals surface area contributed by atoms with Gasteiger partial charge in [0, 0.05) is 10.0 Å². The van der Waals surface area contributed by atoms with Gasteiger partial charge in [0.2, 0.25) is 0 Å². The van der Waals surface area contributed by atoms with E-state index in [0.29, 0.717) is 0 Å². The molecule has 0 aliphatic carbocycles. The van der Waals surface area contributed by atoms with Gasteiger partial charge in [-0.3, -0.25) is 0 Å². The predicted molar refractivity (Wildman–Crippen MR) is 158 cm³/mol. The number of rotatable bonds is 8. The summed E-state index contributed by atoms with van der Waals surface area (Å²) in [6.07, 6.45) is -6.26. The summed E-state index contributed by atoms with van der Waals surface area (Å²) >= 11 is 11.9. The molecule has 4 rings (SSSR count). The van der Waals surface area contributed by atoms with Gasteiger partial charge in [-0.1, -0.05) is 83.9 Å². The van der Waals surface area contributed by atoms with Gasteiger partial charge in [0.15, 0.2) is 9.84 Å². The minimum Gasteiger partial charge on any atom is -0.227 e. The number of benzene rings is 4. The van der Waals surface area contributed by atoms with Gasteiger partial charge in [-0.05, 0) is 70.8 Å². The van der Waals surface area contributed by atoms with E-state index in [9.17, 15) is 43.5 Å². The van der Waals surface area contributed by atoms with E-state index in [-0.39, 0.29) is 33.3 Å². The lowest BCUT2D eigenvalue weighted by atomic mass is 10.0. The summed E-state index contributed by atoms with van der Waals surface area (Å²) in [7, 11) is -4.62. The Hall–Kier alpha value is -3.67. The normalized spacial score (nSPS) is 14.3. The second-order valence-electron chi connectivity index (χ2n) is 9.71. The van der Waals surface area contributed by atoms with E-state index < -0.39 is 66.6 Å². The number of halogens is 10. The van der Waals surface area contributed by atoms with E-state index in [1.807, 2.05) is 0 Å². The van der Waals surface area contributed by atoms with Crippen LogP contribution in [0, 0.1) is 11.6 Å².